The van der Waals surface area contributed by atoms with Gasteiger partial charge in [-0.05, 0) is 18.2 Å². The summed E-state index contributed by atoms with van der Waals surface area (Å²) < 4.78 is 50.0. The maximum atomic E-state index is 12.2. The third-order valence-electron chi connectivity index (χ3n) is 3.57. The number of nitrogens with zero attached hydrogens (tertiary/aromatic N) is 1. The molecule has 12 heteroatoms. The Labute approximate surface area is 161 Å². The van der Waals surface area contributed by atoms with Crippen LogP contribution in [0.15, 0.2) is 58.3 Å². The van der Waals surface area contributed by atoms with Gasteiger partial charge in [0.15, 0.2) is 9.84 Å². The van der Waals surface area contributed by atoms with Crippen LogP contribution in [0.25, 0.3) is 0 Å². The average Bonchev–Trinajstić information content (AvgIpc) is 2.64. The van der Waals surface area contributed by atoms with Crippen LogP contribution in [-0.4, -0.2) is 47.0 Å². The minimum atomic E-state index is -4.01. The maximum absolute atomic E-state index is 12.2. The number of benzene rings is 2. The maximum Gasteiger partial charge on any atom is 0.270 e. The van der Waals surface area contributed by atoms with Crippen molar-refractivity contribution in [3.8, 4) is 0 Å². The predicted octanol–water partition coefficient (Wildman–Crippen LogP) is 0.707. The van der Waals surface area contributed by atoms with Gasteiger partial charge in [-0.2, -0.15) is 0 Å². The zero-order valence-electron chi connectivity index (χ0n) is 14.7. The van der Waals surface area contributed by atoms with Crippen LogP contribution in [-0.2, 0) is 19.9 Å². The Morgan fingerprint density at radius 2 is 1.71 bits per heavy atom. The highest BCUT2D eigenvalue weighted by molar-refractivity contribution is 7.90. The van der Waals surface area contributed by atoms with Gasteiger partial charge in [0.1, 0.15) is 0 Å². The Bertz CT molecular complexity index is 1110. The third-order valence-corrected chi connectivity index (χ3v) is 6.19. The van der Waals surface area contributed by atoms with E-state index in [1.165, 1.54) is 42.5 Å². The summed E-state index contributed by atoms with van der Waals surface area (Å²) in [5.41, 5.74) is -0.417. The van der Waals surface area contributed by atoms with Crippen LogP contribution in [0.5, 0.6) is 0 Å². The molecule has 2 rings (SSSR count). The number of sulfone groups is 1. The number of carbonyl (C=O) groups is 1. The van der Waals surface area contributed by atoms with Crippen molar-refractivity contribution in [1.82, 2.24) is 10.0 Å². The molecule has 28 heavy (non-hydrogen) atoms. The summed E-state index contributed by atoms with van der Waals surface area (Å²) in [4.78, 5) is 21.8. The molecule has 2 aromatic rings. The van der Waals surface area contributed by atoms with Crippen molar-refractivity contribution in [2.45, 2.75) is 9.79 Å². The van der Waals surface area contributed by atoms with Crippen LogP contribution in [0.1, 0.15) is 10.4 Å². The first-order valence-electron chi connectivity index (χ1n) is 7.84. The highest BCUT2D eigenvalue weighted by atomic mass is 32.2. The minimum Gasteiger partial charge on any atom is -0.351 e. The molecule has 2 N–H and O–H groups in total. The molecule has 0 fully saturated rings. The lowest BCUT2D eigenvalue weighted by Gasteiger charge is -2.10. The van der Waals surface area contributed by atoms with Gasteiger partial charge in [-0.15, -0.1) is 0 Å². The van der Waals surface area contributed by atoms with E-state index in [0.717, 1.165) is 12.3 Å². The number of amides is 1. The second kappa shape index (κ2) is 8.46. The van der Waals surface area contributed by atoms with Crippen LogP contribution in [0, 0.1) is 10.1 Å². The molecular formula is C16H17N3O7S2. The molecule has 0 atom stereocenters. The summed E-state index contributed by atoms with van der Waals surface area (Å²) in [7, 11) is -7.62. The molecule has 0 aliphatic rings. The summed E-state index contributed by atoms with van der Waals surface area (Å²) in [6.45, 7) is -0.317. The van der Waals surface area contributed by atoms with E-state index in [-0.39, 0.29) is 34.1 Å². The molecule has 0 bridgehead atoms. The molecule has 0 aromatic heterocycles. The molecule has 1 amide bonds. The number of nitro benzene ring substituents is 1. The molecule has 0 saturated carbocycles. The first kappa shape index (κ1) is 21.5. The number of non-ortho nitro benzene ring substituents is 1. The number of hydrogen-bond acceptors (Lipinski definition) is 7. The van der Waals surface area contributed by atoms with Gasteiger partial charge >= 0.3 is 0 Å². The Morgan fingerprint density at radius 3 is 2.36 bits per heavy atom. The van der Waals surface area contributed by atoms with Crippen molar-refractivity contribution < 1.29 is 26.6 Å². The van der Waals surface area contributed by atoms with E-state index in [2.05, 4.69) is 10.0 Å². The summed E-state index contributed by atoms with van der Waals surface area (Å²) in [5.74, 6) is -0.671. The van der Waals surface area contributed by atoms with Crippen molar-refractivity contribution in [1.29, 1.82) is 0 Å². The number of nitrogens with one attached hydrogen (secondary N) is 2. The summed E-state index contributed by atoms with van der Waals surface area (Å²) in [6, 6.07) is 10.2. The van der Waals surface area contributed by atoms with Gasteiger partial charge in [-0.1, -0.05) is 18.2 Å². The first-order valence-corrected chi connectivity index (χ1v) is 11.2. The van der Waals surface area contributed by atoms with Gasteiger partial charge in [0, 0.05) is 31.5 Å². The van der Waals surface area contributed by atoms with Crippen LogP contribution in [0.4, 0.5) is 5.69 Å². The molecule has 0 saturated heterocycles. The molecule has 0 aliphatic heterocycles. The fourth-order valence-electron chi connectivity index (χ4n) is 2.28. The molecule has 0 unspecified atom stereocenters. The van der Waals surface area contributed by atoms with E-state index in [0.29, 0.717) is 0 Å². The third kappa shape index (κ3) is 5.34. The smallest absolute Gasteiger partial charge is 0.270 e. The highest BCUT2D eigenvalue weighted by Crippen LogP contribution is 2.17. The Morgan fingerprint density at radius 1 is 1.04 bits per heavy atom. The SMILES string of the molecule is CS(=O)(=O)c1ccccc1C(=O)NCCNS(=O)(=O)c1cccc([N+](=O)[O-])c1. The molecule has 0 aliphatic carbocycles. The van der Waals surface area contributed by atoms with Gasteiger partial charge in [-0.25, -0.2) is 21.6 Å². The number of nitro groups is 1. The van der Waals surface area contributed by atoms with Crippen LogP contribution < -0.4 is 10.0 Å². The topological polar surface area (TPSA) is 153 Å². The second-order valence-corrected chi connectivity index (χ2v) is 9.43. The van der Waals surface area contributed by atoms with E-state index in [4.69, 9.17) is 0 Å². The van der Waals surface area contributed by atoms with Gasteiger partial charge in [0.2, 0.25) is 10.0 Å². The minimum absolute atomic E-state index is 0.0495. The Hall–Kier alpha value is -2.83. The number of rotatable bonds is 8. The van der Waals surface area contributed by atoms with E-state index < -0.39 is 30.7 Å². The van der Waals surface area contributed by atoms with Gasteiger partial charge in [0.25, 0.3) is 11.6 Å². The zero-order chi connectivity index (χ0) is 20.9. The lowest BCUT2D eigenvalue weighted by atomic mass is 10.2. The molecule has 10 nitrogen and oxygen atoms in total. The van der Waals surface area contributed by atoms with E-state index in [9.17, 15) is 31.7 Å². The Balaban J connectivity index is 2.00. The number of hydrogen-bond donors (Lipinski definition) is 2. The van der Waals surface area contributed by atoms with E-state index in [1.807, 2.05) is 0 Å². The fraction of sp³-hybridized carbons (Fsp3) is 0.188. The van der Waals surface area contributed by atoms with Gasteiger partial charge < -0.3 is 5.32 Å². The molecule has 0 heterocycles. The second-order valence-electron chi connectivity index (χ2n) is 5.68. The van der Waals surface area contributed by atoms with Crippen molar-refractivity contribution in [3.05, 3.63) is 64.2 Å². The van der Waals surface area contributed by atoms with E-state index in [1.54, 1.807) is 0 Å². The standard InChI is InChI=1S/C16H17N3O7S2/c1-27(23,24)15-8-3-2-7-14(15)16(20)17-9-10-18-28(25,26)13-6-4-5-12(11-13)19(21)22/h2-8,11,18H,9-10H2,1H3,(H,17,20). The average molecular weight is 427 g/mol. The van der Waals surface area contributed by atoms with Crippen LogP contribution in [0.3, 0.4) is 0 Å². The fourth-order valence-corrected chi connectivity index (χ4v) is 4.24. The van der Waals surface area contributed by atoms with Crippen molar-refractivity contribution in [2.24, 2.45) is 0 Å². The summed E-state index contributed by atoms with van der Waals surface area (Å²) in [5, 5.41) is 13.2. The van der Waals surface area contributed by atoms with Crippen molar-refractivity contribution >= 4 is 31.5 Å². The number of carbonyl (C=O) groups excluding carboxylic acids is 1. The molecule has 0 radical (unpaired) electrons. The van der Waals surface area contributed by atoms with Crippen LogP contribution >= 0.6 is 0 Å². The van der Waals surface area contributed by atoms with Crippen molar-refractivity contribution in [2.75, 3.05) is 19.3 Å². The molecular weight excluding hydrogens is 410 g/mol. The van der Waals surface area contributed by atoms with Crippen LogP contribution in [0.2, 0.25) is 0 Å². The summed E-state index contributed by atoms with van der Waals surface area (Å²) in [6.07, 6.45) is 0.978. The first-order chi connectivity index (χ1) is 13.0. The quantitative estimate of drug-likeness (QED) is 0.357. The monoisotopic (exact) mass is 427 g/mol. The lowest BCUT2D eigenvalue weighted by Crippen LogP contribution is -2.35. The number of sulfonamides is 1. The van der Waals surface area contributed by atoms with Gasteiger partial charge in [-0.3, -0.25) is 14.9 Å². The Kier molecular flexibility index (Phi) is 6.48. The summed E-state index contributed by atoms with van der Waals surface area (Å²) >= 11 is 0. The van der Waals surface area contributed by atoms with Crippen molar-refractivity contribution in [3.63, 3.8) is 0 Å². The predicted molar refractivity (Wildman–Crippen MR) is 100 cm³/mol. The largest absolute Gasteiger partial charge is 0.351 e. The molecule has 150 valence electrons. The molecule has 2 aromatic carbocycles. The zero-order valence-corrected chi connectivity index (χ0v) is 16.3. The van der Waals surface area contributed by atoms with Gasteiger partial charge in [0.05, 0.1) is 20.3 Å². The normalized spacial score (nSPS) is 11.8. The lowest BCUT2D eigenvalue weighted by molar-refractivity contribution is -0.385. The highest BCUT2D eigenvalue weighted by Gasteiger charge is 2.19. The molecule has 0 spiro atoms. The van der Waals surface area contributed by atoms with E-state index >= 15 is 0 Å².